The van der Waals surface area contributed by atoms with E-state index in [0.717, 1.165) is 44.5 Å². The highest BCUT2D eigenvalue weighted by atomic mass is 32.2. The molecule has 2 fully saturated rings. The second-order valence-corrected chi connectivity index (χ2v) is 9.93. The number of carbonyl (C=O) groups is 1. The van der Waals surface area contributed by atoms with Gasteiger partial charge in [-0.25, -0.2) is 8.42 Å². The lowest BCUT2D eigenvalue weighted by atomic mass is 10.1. The molecule has 1 amide bonds. The van der Waals surface area contributed by atoms with Crippen molar-refractivity contribution in [2.45, 2.75) is 55.9 Å². The van der Waals surface area contributed by atoms with Gasteiger partial charge in [0.1, 0.15) is 5.75 Å². The first-order valence-corrected chi connectivity index (χ1v) is 12.4. The molecule has 4 rings (SSSR count). The van der Waals surface area contributed by atoms with E-state index in [9.17, 15) is 13.2 Å². The minimum atomic E-state index is -3.88. The van der Waals surface area contributed by atoms with Crippen LogP contribution in [0.15, 0.2) is 47.4 Å². The number of amides is 1. The number of ether oxygens (including phenoxy) is 1. The van der Waals surface area contributed by atoms with E-state index in [1.807, 2.05) is 6.07 Å². The lowest BCUT2D eigenvalue weighted by Crippen LogP contribution is -2.29. The van der Waals surface area contributed by atoms with Gasteiger partial charge in [0.15, 0.2) is 0 Å². The van der Waals surface area contributed by atoms with E-state index >= 15 is 0 Å². The summed E-state index contributed by atoms with van der Waals surface area (Å²) in [7, 11) is -3.88. The van der Waals surface area contributed by atoms with E-state index in [1.165, 1.54) is 31.4 Å². The van der Waals surface area contributed by atoms with E-state index in [4.69, 9.17) is 10.5 Å². The monoisotopic (exact) mass is 443 g/mol. The minimum absolute atomic E-state index is 0.0989. The van der Waals surface area contributed by atoms with Crippen LogP contribution in [0.25, 0.3) is 0 Å². The second kappa shape index (κ2) is 9.18. The van der Waals surface area contributed by atoms with Crippen LogP contribution in [-0.4, -0.2) is 33.5 Å². The number of hydrogen-bond acceptors (Lipinski definition) is 5. The molecule has 0 radical (unpaired) electrons. The van der Waals surface area contributed by atoms with Crippen LogP contribution in [0.2, 0.25) is 0 Å². The molecule has 0 atom stereocenters. The largest absolute Gasteiger partial charge is 0.490 e. The predicted molar refractivity (Wildman–Crippen MR) is 121 cm³/mol. The summed E-state index contributed by atoms with van der Waals surface area (Å²) in [6, 6.07) is 11.5. The van der Waals surface area contributed by atoms with Crippen LogP contribution in [-0.2, 0) is 10.0 Å². The number of benzene rings is 2. The molecular weight excluding hydrogens is 414 g/mol. The number of hydrogen-bond donors (Lipinski definition) is 2. The van der Waals surface area contributed by atoms with Crippen molar-refractivity contribution < 1.29 is 17.9 Å². The van der Waals surface area contributed by atoms with Gasteiger partial charge in [0.2, 0.25) is 0 Å². The number of rotatable bonds is 7. The van der Waals surface area contributed by atoms with Crippen LogP contribution in [0, 0.1) is 0 Å². The minimum Gasteiger partial charge on any atom is -0.490 e. The average molecular weight is 444 g/mol. The third-order valence-corrected chi connectivity index (χ3v) is 7.35. The Morgan fingerprint density at radius 1 is 0.968 bits per heavy atom. The van der Waals surface area contributed by atoms with Gasteiger partial charge in [-0.1, -0.05) is 0 Å². The summed E-state index contributed by atoms with van der Waals surface area (Å²) in [5.74, 6) is -0.00793. The molecule has 31 heavy (non-hydrogen) atoms. The molecular formula is C23H29N3O4S. The lowest BCUT2D eigenvalue weighted by molar-refractivity contribution is 0.100. The Labute approximate surface area is 183 Å². The first kappa shape index (κ1) is 21.5. The van der Waals surface area contributed by atoms with Crippen LogP contribution < -0.4 is 20.1 Å². The van der Waals surface area contributed by atoms with Crippen LogP contribution in [0.4, 0.5) is 11.4 Å². The number of anilines is 2. The van der Waals surface area contributed by atoms with Crippen molar-refractivity contribution in [1.29, 1.82) is 0 Å². The fraction of sp³-hybridized carbons (Fsp3) is 0.435. The van der Waals surface area contributed by atoms with Gasteiger partial charge >= 0.3 is 0 Å². The first-order valence-electron chi connectivity index (χ1n) is 10.9. The van der Waals surface area contributed by atoms with Crippen molar-refractivity contribution in [3.8, 4) is 5.75 Å². The van der Waals surface area contributed by atoms with Gasteiger partial charge in [-0.2, -0.15) is 0 Å². The summed E-state index contributed by atoms with van der Waals surface area (Å²) < 4.78 is 34.2. The Bertz CT molecular complexity index is 1030. The number of nitrogens with one attached hydrogen (secondary N) is 1. The van der Waals surface area contributed by atoms with E-state index < -0.39 is 15.9 Å². The smallest absolute Gasteiger partial charge is 0.261 e. The second-order valence-electron chi connectivity index (χ2n) is 8.24. The molecule has 3 N–H and O–H groups in total. The topological polar surface area (TPSA) is 102 Å². The van der Waals surface area contributed by atoms with Crippen LogP contribution in [0.5, 0.6) is 5.75 Å². The summed E-state index contributed by atoms with van der Waals surface area (Å²) >= 11 is 0. The van der Waals surface area contributed by atoms with Gasteiger partial charge in [-0.3, -0.25) is 9.52 Å². The average Bonchev–Trinajstić information content (AvgIpc) is 3.28. The number of sulfonamides is 1. The third kappa shape index (κ3) is 5.12. The standard InChI is InChI=1S/C23H29N3O4S/c24-23(27)21-16-17(26-14-4-1-5-15-26)8-13-22(21)25-31(28,29)20-11-9-19(10-12-20)30-18-6-2-3-7-18/h8-13,16,18,25H,1-7,14-15H2,(H2,24,27). The SMILES string of the molecule is NC(=O)c1cc(N2CCCCC2)ccc1NS(=O)(=O)c1ccc(OC2CCCC2)cc1. The molecule has 2 aliphatic rings. The maximum atomic E-state index is 12.9. The number of carbonyl (C=O) groups excluding carboxylic acids is 1. The molecule has 0 unspecified atom stereocenters. The number of piperidine rings is 1. The molecule has 0 aromatic heterocycles. The molecule has 0 spiro atoms. The van der Waals surface area contributed by atoms with Crippen molar-refractivity contribution in [2.24, 2.45) is 5.73 Å². The highest BCUT2D eigenvalue weighted by Gasteiger charge is 2.21. The number of primary amides is 1. The normalized spacial score (nSPS) is 17.5. The van der Waals surface area contributed by atoms with Crippen molar-refractivity contribution in [3.05, 3.63) is 48.0 Å². The summed E-state index contributed by atoms with van der Waals surface area (Å²) in [5, 5.41) is 0. The molecule has 1 saturated carbocycles. The molecule has 1 aliphatic heterocycles. The van der Waals surface area contributed by atoms with E-state index in [2.05, 4.69) is 9.62 Å². The molecule has 2 aromatic rings. The van der Waals surface area contributed by atoms with Crippen molar-refractivity contribution in [3.63, 3.8) is 0 Å². The van der Waals surface area contributed by atoms with E-state index in [1.54, 1.807) is 24.3 Å². The van der Waals surface area contributed by atoms with E-state index in [0.29, 0.717) is 5.75 Å². The lowest BCUT2D eigenvalue weighted by Gasteiger charge is -2.29. The van der Waals surface area contributed by atoms with Crippen molar-refractivity contribution in [2.75, 3.05) is 22.7 Å². The molecule has 7 nitrogen and oxygen atoms in total. The summed E-state index contributed by atoms with van der Waals surface area (Å²) in [5.41, 5.74) is 6.78. The Hall–Kier alpha value is -2.74. The van der Waals surface area contributed by atoms with Gasteiger partial charge in [0.25, 0.3) is 15.9 Å². The third-order valence-electron chi connectivity index (χ3n) is 5.97. The van der Waals surface area contributed by atoms with Crippen LogP contribution in [0.3, 0.4) is 0 Å². The maximum Gasteiger partial charge on any atom is 0.261 e. The predicted octanol–water partition coefficient (Wildman–Crippen LogP) is 3.90. The van der Waals surface area contributed by atoms with Gasteiger partial charge in [0, 0.05) is 18.8 Å². The Morgan fingerprint density at radius 3 is 2.29 bits per heavy atom. The molecule has 1 aliphatic carbocycles. The molecule has 2 aromatic carbocycles. The van der Waals surface area contributed by atoms with Crippen LogP contribution in [0.1, 0.15) is 55.3 Å². The molecule has 166 valence electrons. The van der Waals surface area contributed by atoms with E-state index in [-0.39, 0.29) is 22.3 Å². The number of nitrogens with zero attached hydrogens (tertiary/aromatic N) is 1. The van der Waals surface area contributed by atoms with Crippen molar-refractivity contribution in [1.82, 2.24) is 0 Å². The van der Waals surface area contributed by atoms with Crippen molar-refractivity contribution >= 4 is 27.3 Å². The molecule has 1 saturated heterocycles. The maximum absolute atomic E-state index is 12.9. The summed E-state index contributed by atoms with van der Waals surface area (Å²) in [6.45, 7) is 1.83. The highest BCUT2D eigenvalue weighted by molar-refractivity contribution is 7.92. The fourth-order valence-corrected chi connectivity index (χ4v) is 5.35. The fourth-order valence-electron chi connectivity index (χ4n) is 4.27. The van der Waals surface area contributed by atoms with Crippen LogP contribution >= 0.6 is 0 Å². The molecule has 8 heteroatoms. The van der Waals surface area contributed by atoms with Gasteiger partial charge in [0.05, 0.1) is 22.3 Å². The molecule has 1 heterocycles. The zero-order chi connectivity index (χ0) is 21.8. The zero-order valence-corrected chi connectivity index (χ0v) is 18.4. The quantitative estimate of drug-likeness (QED) is 0.676. The zero-order valence-electron chi connectivity index (χ0n) is 17.5. The Kier molecular flexibility index (Phi) is 6.36. The van der Waals surface area contributed by atoms with Gasteiger partial charge in [-0.15, -0.1) is 0 Å². The Morgan fingerprint density at radius 2 is 1.65 bits per heavy atom. The first-order chi connectivity index (χ1) is 14.9. The van der Waals surface area contributed by atoms with Gasteiger partial charge < -0.3 is 15.4 Å². The number of nitrogens with two attached hydrogens (primary N) is 1. The van der Waals surface area contributed by atoms with Gasteiger partial charge in [-0.05, 0) is 87.4 Å². The Balaban J connectivity index is 1.52. The molecule has 0 bridgehead atoms. The summed E-state index contributed by atoms with van der Waals surface area (Å²) in [6.07, 6.45) is 8.00. The summed E-state index contributed by atoms with van der Waals surface area (Å²) in [4.78, 5) is 14.3. The highest BCUT2D eigenvalue weighted by Crippen LogP contribution is 2.29.